The fraction of sp³-hybridized carbons (Fsp3) is 0.286. The quantitative estimate of drug-likeness (QED) is 0.666. The molecule has 0 unspecified atom stereocenters. The summed E-state index contributed by atoms with van der Waals surface area (Å²) in [7, 11) is 2.06. The van der Waals surface area contributed by atoms with Gasteiger partial charge in [0, 0.05) is 18.9 Å². The largest absolute Gasteiger partial charge is 0.351 e. The molecule has 1 rings (SSSR count). The highest BCUT2D eigenvalue weighted by Crippen LogP contribution is 2.11. The predicted octanol–water partition coefficient (Wildman–Crippen LogP) is 3.99. The van der Waals surface area contributed by atoms with Gasteiger partial charge in [-0.1, -0.05) is 36.8 Å². The monoisotopic (exact) mass is 201 g/mol. The molecule has 1 aromatic carbocycles. The van der Waals surface area contributed by atoms with Crippen LogP contribution in [0.15, 0.2) is 54.3 Å². The molecule has 15 heavy (non-hydrogen) atoms. The van der Waals surface area contributed by atoms with Gasteiger partial charge in [-0.15, -0.1) is 0 Å². The third-order valence-electron chi connectivity index (χ3n) is 2.41. The minimum absolute atomic E-state index is 1.11. The Morgan fingerprint density at radius 1 is 1.27 bits per heavy atom. The van der Waals surface area contributed by atoms with Crippen molar-refractivity contribution in [3.05, 3.63) is 54.3 Å². The van der Waals surface area contributed by atoms with Crippen LogP contribution in [0.5, 0.6) is 0 Å². The summed E-state index contributed by atoms with van der Waals surface area (Å²) in [6.45, 7) is 4.31. The summed E-state index contributed by atoms with van der Waals surface area (Å²) >= 11 is 0. The highest BCUT2D eigenvalue weighted by molar-refractivity contribution is 5.48. The number of hydrogen-bond acceptors (Lipinski definition) is 1. The van der Waals surface area contributed by atoms with E-state index in [-0.39, 0.29) is 0 Å². The second kappa shape index (κ2) is 6.07. The Labute approximate surface area is 92.7 Å². The van der Waals surface area contributed by atoms with Gasteiger partial charge in [-0.2, -0.15) is 0 Å². The SMILES string of the molecule is CC/C(C)=C/C=C\N(C)c1ccccc1. The molecular weight excluding hydrogens is 182 g/mol. The maximum Gasteiger partial charge on any atom is 0.0403 e. The van der Waals surface area contributed by atoms with Crippen molar-refractivity contribution >= 4 is 5.69 Å². The lowest BCUT2D eigenvalue weighted by atomic mass is 10.2. The zero-order valence-corrected chi connectivity index (χ0v) is 9.77. The lowest BCUT2D eigenvalue weighted by Crippen LogP contribution is -2.06. The molecule has 0 fully saturated rings. The van der Waals surface area contributed by atoms with Crippen LogP contribution in [0.4, 0.5) is 5.69 Å². The molecule has 0 aliphatic rings. The topological polar surface area (TPSA) is 3.24 Å². The highest BCUT2D eigenvalue weighted by atomic mass is 15.1. The first-order valence-electron chi connectivity index (χ1n) is 5.36. The van der Waals surface area contributed by atoms with Crippen LogP contribution in [0.25, 0.3) is 0 Å². The molecule has 0 heterocycles. The Bertz CT molecular complexity index is 336. The van der Waals surface area contributed by atoms with Crippen molar-refractivity contribution in [3.63, 3.8) is 0 Å². The van der Waals surface area contributed by atoms with Gasteiger partial charge < -0.3 is 4.90 Å². The maximum atomic E-state index is 2.17. The molecule has 0 spiro atoms. The van der Waals surface area contributed by atoms with E-state index in [1.54, 1.807) is 0 Å². The third-order valence-corrected chi connectivity index (χ3v) is 2.41. The van der Waals surface area contributed by atoms with E-state index < -0.39 is 0 Å². The van der Waals surface area contributed by atoms with Gasteiger partial charge in [-0.25, -0.2) is 0 Å². The number of benzene rings is 1. The van der Waals surface area contributed by atoms with E-state index in [9.17, 15) is 0 Å². The van der Waals surface area contributed by atoms with E-state index in [0.29, 0.717) is 0 Å². The smallest absolute Gasteiger partial charge is 0.0403 e. The number of anilines is 1. The molecule has 0 aromatic heterocycles. The molecule has 0 radical (unpaired) electrons. The van der Waals surface area contributed by atoms with Crippen molar-refractivity contribution in [1.82, 2.24) is 0 Å². The van der Waals surface area contributed by atoms with Crippen molar-refractivity contribution in [1.29, 1.82) is 0 Å². The Morgan fingerprint density at radius 2 is 1.93 bits per heavy atom. The lowest BCUT2D eigenvalue weighted by molar-refractivity contribution is 1.10. The number of hydrogen-bond donors (Lipinski definition) is 0. The van der Waals surface area contributed by atoms with Crippen molar-refractivity contribution in [2.75, 3.05) is 11.9 Å². The first-order chi connectivity index (χ1) is 7.24. The van der Waals surface area contributed by atoms with Crippen LogP contribution >= 0.6 is 0 Å². The Balaban J connectivity index is 2.60. The number of para-hydroxylation sites is 1. The minimum atomic E-state index is 1.11. The van der Waals surface area contributed by atoms with E-state index in [2.05, 4.69) is 56.3 Å². The predicted molar refractivity (Wildman–Crippen MR) is 68.0 cm³/mol. The molecule has 1 heteroatoms. The summed E-state index contributed by atoms with van der Waals surface area (Å²) in [5, 5.41) is 0. The Hall–Kier alpha value is -1.50. The standard InChI is InChI=1S/C14H19N/c1-4-13(2)9-8-12-15(3)14-10-6-5-7-11-14/h5-12H,4H2,1-3H3/b12-8-,13-9+. The van der Waals surface area contributed by atoms with Crippen LogP contribution in [0.3, 0.4) is 0 Å². The molecule has 0 aliphatic heterocycles. The number of rotatable bonds is 4. The molecule has 0 N–H and O–H groups in total. The molecule has 0 bridgehead atoms. The lowest BCUT2D eigenvalue weighted by Gasteiger charge is -2.12. The summed E-state index contributed by atoms with van der Waals surface area (Å²) in [5.41, 5.74) is 2.60. The summed E-state index contributed by atoms with van der Waals surface area (Å²) in [5.74, 6) is 0. The van der Waals surface area contributed by atoms with Gasteiger partial charge in [-0.05, 0) is 31.6 Å². The number of allylic oxidation sites excluding steroid dienone is 3. The second-order valence-corrected chi connectivity index (χ2v) is 3.65. The van der Waals surface area contributed by atoms with E-state index in [0.717, 1.165) is 6.42 Å². The normalized spacial score (nSPS) is 12.1. The molecular formula is C14H19N. The molecule has 0 atom stereocenters. The molecule has 0 saturated heterocycles. The first kappa shape index (κ1) is 11.6. The van der Waals surface area contributed by atoms with Crippen LogP contribution in [-0.4, -0.2) is 7.05 Å². The highest BCUT2D eigenvalue weighted by Gasteiger charge is 1.92. The Morgan fingerprint density at radius 3 is 2.53 bits per heavy atom. The third kappa shape index (κ3) is 4.03. The average molecular weight is 201 g/mol. The van der Waals surface area contributed by atoms with Gasteiger partial charge in [0.1, 0.15) is 0 Å². The van der Waals surface area contributed by atoms with Crippen LogP contribution in [0.1, 0.15) is 20.3 Å². The van der Waals surface area contributed by atoms with E-state index in [1.807, 2.05) is 18.2 Å². The second-order valence-electron chi connectivity index (χ2n) is 3.65. The van der Waals surface area contributed by atoms with Gasteiger partial charge in [0.15, 0.2) is 0 Å². The van der Waals surface area contributed by atoms with Gasteiger partial charge in [-0.3, -0.25) is 0 Å². The van der Waals surface area contributed by atoms with Crippen molar-refractivity contribution in [3.8, 4) is 0 Å². The van der Waals surface area contributed by atoms with Crippen molar-refractivity contribution in [2.24, 2.45) is 0 Å². The van der Waals surface area contributed by atoms with Crippen molar-refractivity contribution < 1.29 is 0 Å². The first-order valence-corrected chi connectivity index (χ1v) is 5.36. The molecule has 0 saturated carbocycles. The fourth-order valence-electron chi connectivity index (χ4n) is 1.20. The maximum absolute atomic E-state index is 2.17. The van der Waals surface area contributed by atoms with Gasteiger partial charge in [0.2, 0.25) is 0 Å². The molecule has 0 amide bonds. The zero-order valence-electron chi connectivity index (χ0n) is 9.77. The van der Waals surface area contributed by atoms with E-state index in [1.165, 1.54) is 11.3 Å². The average Bonchev–Trinajstić information content (AvgIpc) is 2.29. The molecule has 0 aliphatic carbocycles. The van der Waals surface area contributed by atoms with Gasteiger partial charge in [0.25, 0.3) is 0 Å². The minimum Gasteiger partial charge on any atom is -0.351 e. The summed E-state index contributed by atoms with van der Waals surface area (Å²) < 4.78 is 0. The van der Waals surface area contributed by atoms with Gasteiger partial charge in [0.05, 0.1) is 0 Å². The van der Waals surface area contributed by atoms with Crippen LogP contribution < -0.4 is 4.90 Å². The Kier molecular flexibility index (Phi) is 4.69. The number of nitrogens with zero attached hydrogens (tertiary/aromatic N) is 1. The molecule has 1 aromatic rings. The zero-order chi connectivity index (χ0) is 11.1. The van der Waals surface area contributed by atoms with Gasteiger partial charge >= 0.3 is 0 Å². The van der Waals surface area contributed by atoms with Crippen molar-refractivity contribution in [2.45, 2.75) is 20.3 Å². The molecule has 1 nitrogen and oxygen atoms in total. The van der Waals surface area contributed by atoms with Crippen LogP contribution in [-0.2, 0) is 0 Å². The molecule has 80 valence electrons. The summed E-state index contributed by atoms with van der Waals surface area (Å²) in [4.78, 5) is 2.11. The summed E-state index contributed by atoms with van der Waals surface area (Å²) in [6, 6.07) is 10.3. The fourth-order valence-corrected chi connectivity index (χ4v) is 1.20. The van der Waals surface area contributed by atoms with Crippen LogP contribution in [0.2, 0.25) is 0 Å². The summed E-state index contributed by atoms with van der Waals surface area (Å²) in [6.07, 6.45) is 7.43. The van der Waals surface area contributed by atoms with E-state index in [4.69, 9.17) is 0 Å². The van der Waals surface area contributed by atoms with Crippen LogP contribution in [0, 0.1) is 0 Å². The van der Waals surface area contributed by atoms with E-state index >= 15 is 0 Å².